The van der Waals surface area contributed by atoms with E-state index in [1.807, 2.05) is 19.1 Å². The van der Waals surface area contributed by atoms with E-state index < -0.39 is 4.92 Å². The van der Waals surface area contributed by atoms with Gasteiger partial charge in [0.2, 0.25) is 0 Å². The first-order valence-electron chi connectivity index (χ1n) is 5.55. The number of nitro benzene ring substituents is 1. The molecular weight excluding hydrogens is 268 g/mol. The summed E-state index contributed by atoms with van der Waals surface area (Å²) in [5.41, 5.74) is 1.45. The zero-order valence-corrected chi connectivity index (χ0v) is 10.9. The van der Waals surface area contributed by atoms with E-state index in [-0.39, 0.29) is 18.0 Å². The van der Waals surface area contributed by atoms with Gasteiger partial charge >= 0.3 is 5.69 Å². The van der Waals surface area contributed by atoms with Crippen molar-refractivity contribution < 1.29 is 9.66 Å². The lowest BCUT2D eigenvalue weighted by molar-refractivity contribution is -0.385. The molecule has 0 atom stereocenters. The minimum atomic E-state index is -0.505. The summed E-state index contributed by atoms with van der Waals surface area (Å²) in [5, 5.41) is 11.3. The van der Waals surface area contributed by atoms with Crippen LogP contribution in [0.15, 0.2) is 36.4 Å². The van der Waals surface area contributed by atoms with Crippen LogP contribution in [-0.4, -0.2) is 9.91 Å². The molecule has 0 N–H and O–H groups in total. The number of aryl methyl sites for hydroxylation is 1. The van der Waals surface area contributed by atoms with Crippen molar-refractivity contribution in [2.45, 2.75) is 13.5 Å². The van der Waals surface area contributed by atoms with Gasteiger partial charge in [-0.2, -0.15) is 0 Å². The molecule has 0 spiro atoms. The fourth-order valence-corrected chi connectivity index (χ4v) is 1.75. The number of nitrogens with zero attached hydrogens (tertiary/aromatic N) is 2. The molecule has 2 aromatic rings. The highest BCUT2D eigenvalue weighted by Crippen LogP contribution is 2.30. The third-order valence-corrected chi connectivity index (χ3v) is 2.68. The molecule has 19 heavy (non-hydrogen) atoms. The maximum absolute atomic E-state index is 10.9. The van der Waals surface area contributed by atoms with Crippen LogP contribution in [-0.2, 0) is 6.61 Å². The van der Waals surface area contributed by atoms with Gasteiger partial charge in [0.25, 0.3) is 0 Å². The zero-order chi connectivity index (χ0) is 13.8. The van der Waals surface area contributed by atoms with Crippen LogP contribution in [0.5, 0.6) is 5.75 Å². The SMILES string of the molecule is Cc1cccc(COc2cc(Cl)ccc2[N+](=O)[O-])n1. The molecule has 0 fully saturated rings. The molecule has 6 heteroatoms. The van der Waals surface area contributed by atoms with E-state index in [0.29, 0.717) is 10.7 Å². The number of hydrogen-bond donors (Lipinski definition) is 0. The summed E-state index contributed by atoms with van der Waals surface area (Å²) in [7, 11) is 0. The highest BCUT2D eigenvalue weighted by atomic mass is 35.5. The van der Waals surface area contributed by atoms with Crippen molar-refractivity contribution in [2.24, 2.45) is 0 Å². The fraction of sp³-hybridized carbons (Fsp3) is 0.154. The summed E-state index contributed by atoms with van der Waals surface area (Å²) in [6.07, 6.45) is 0. The van der Waals surface area contributed by atoms with Gasteiger partial charge < -0.3 is 4.74 Å². The summed E-state index contributed by atoms with van der Waals surface area (Å²) >= 11 is 5.81. The fourth-order valence-electron chi connectivity index (χ4n) is 1.59. The molecule has 0 aliphatic rings. The molecular formula is C13H11ClN2O3. The monoisotopic (exact) mass is 278 g/mol. The number of benzene rings is 1. The van der Waals surface area contributed by atoms with Gasteiger partial charge in [0.05, 0.1) is 10.6 Å². The largest absolute Gasteiger partial charge is 0.480 e. The summed E-state index contributed by atoms with van der Waals surface area (Å²) in [5.74, 6) is 0.140. The Morgan fingerprint density at radius 1 is 1.37 bits per heavy atom. The molecule has 0 aliphatic carbocycles. The molecule has 0 unspecified atom stereocenters. The molecule has 5 nitrogen and oxygen atoms in total. The van der Waals surface area contributed by atoms with Gasteiger partial charge in [-0.15, -0.1) is 0 Å². The Kier molecular flexibility index (Phi) is 3.97. The quantitative estimate of drug-likeness (QED) is 0.634. The molecule has 0 saturated heterocycles. The van der Waals surface area contributed by atoms with Crippen molar-refractivity contribution in [3.8, 4) is 5.75 Å². The smallest absolute Gasteiger partial charge is 0.311 e. The average Bonchev–Trinajstić information content (AvgIpc) is 2.36. The number of aromatic nitrogens is 1. The van der Waals surface area contributed by atoms with Crippen LogP contribution in [0, 0.1) is 17.0 Å². The summed E-state index contributed by atoms with van der Waals surface area (Å²) in [4.78, 5) is 14.6. The Balaban J connectivity index is 2.19. The van der Waals surface area contributed by atoms with E-state index in [0.717, 1.165) is 5.69 Å². The molecule has 0 saturated carbocycles. The molecule has 0 aliphatic heterocycles. The molecule has 1 aromatic heterocycles. The standard InChI is InChI=1S/C13H11ClN2O3/c1-9-3-2-4-11(15-9)8-19-13-7-10(14)5-6-12(13)16(17)18/h2-7H,8H2,1H3. The highest BCUT2D eigenvalue weighted by molar-refractivity contribution is 6.30. The Hall–Kier alpha value is -2.14. The lowest BCUT2D eigenvalue weighted by atomic mass is 10.3. The Morgan fingerprint density at radius 2 is 2.16 bits per heavy atom. The van der Waals surface area contributed by atoms with Crippen molar-refractivity contribution in [1.82, 2.24) is 4.98 Å². The first-order chi connectivity index (χ1) is 9.06. The minimum Gasteiger partial charge on any atom is -0.480 e. The predicted molar refractivity (Wildman–Crippen MR) is 71.4 cm³/mol. The third-order valence-electron chi connectivity index (χ3n) is 2.44. The number of pyridine rings is 1. The molecule has 98 valence electrons. The average molecular weight is 279 g/mol. The van der Waals surface area contributed by atoms with Gasteiger partial charge in [0.15, 0.2) is 5.75 Å². The van der Waals surface area contributed by atoms with E-state index >= 15 is 0 Å². The number of rotatable bonds is 4. The topological polar surface area (TPSA) is 65.3 Å². The lowest BCUT2D eigenvalue weighted by Crippen LogP contribution is -2.01. The molecule has 0 radical (unpaired) electrons. The molecule has 1 aromatic carbocycles. The lowest BCUT2D eigenvalue weighted by Gasteiger charge is -2.07. The van der Waals surface area contributed by atoms with Crippen LogP contribution in [0.2, 0.25) is 5.02 Å². The Morgan fingerprint density at radius 3 is 2.84 bits per heavy atom. The van der Waals surface area contributed by atoms with Crippen LogP contribution in [0.1, 0.15) is 11.4 Å². The minimum absolute atomic E-state index is 0.114. The van der Waals surface area contributed by atoms with Crippen LogP contribution in [0.3, 0.4) is 0 Å². The van der Waals surface area contributed by atoms with E-state index in [9.17, 15) is 10.1 Å². The van der Waals surface area contributed by atoms with Crippen molar-refractivity contribution in [3.05, 3.63) is 62.9 Å². The van der Waals surface area contributed by atoms with Crippen LogP contribution in [0.25, 0.3) is 0 Å². The van der Waals surface area contributed by atoms with Gasteiger partial charge in [-0.3, -0.25) is 15.1 Å². The summed E-state index contributed by atoms with van der Waals surface area (Å²) in [6, 6.07) is 9.72. The predicted octanol–water partition coefficient (Wildman–Crippen LogP) is 3.53. The van der Waals surface area contributed by atoms with Crippen LogP contribution in [0.4, 0.5) is 5.69 Å². The van der Waals surface area contributed by atoms with Crippen molar-refractivity contribution >= 4 is 17.3 Å². The Bertz CT molecular complexity index is 617. The number of nitro groups is 1. The number of halogens is 1. The second-order valence-corrected chi connectivity index (χ2v) is 4.36. The van der Waals surface area contributed by atoms with Gasteiger partial charge in [0.1, 0.15) is 6.61 Å². The van der Waals surface area contributed by atoms with Gasteiger partial charge in [-0.1, -0.05) is 17.7 Å². The van der Waals surface area contributed by atoms with Gasteiger partial charge in [0, 0.05) is 22.8 Å². The second kappa shape index (κ2) is 5.67. The maximum Gasteiger partial charge on any atom is 0.311 e. The zero-order valence-electron chi connectivity index (χ0n) is 10.2. The van der Waals surface area contributed by atoms with E-state index in [1.54, 1.807) is 6.07 Å². The highest BCUT2D eigenvalue weighted by Gasteiger charge is 2.15. The molecule has 0 amide bonds. The number of ether oxygens (including phenoxy) is 1. The van der Waals surface area contributed by atoms with Crippen LogP contribution >= 0.6 is 11.6 Å². The number of hydrogen-bond acceptors (Lipinski definition) is 4. The molecule has 1 heterocycles. The first kappa shape index (κ1) is 13.3. The van der Waals surface area contributed by atoms with Crippen LogP contribution < -0.4 is 4.74 Å². The van der Waals surface area contributed by atoms with Gasteiger partial charge in [-0.05, 0) is 25.1 Å². The summed E-state index contributed by atoms with van der Waals surface area (Å²) < 4.78 is 5.43. The first-order valence-corrected chi connectivity index (χ1v) is 5.93. The normalized spacial score (nSPS) is 10.2. The van der Waals surface area contributed by atoms with Gasteiger partial charge in [-0.25, -0.2) is 0 Å². The second-order valence-electron chi connectivity index (χ2n) is 3.93. The van der Waals surface area contributed by atoms with Crippen molar-refractivity contribution in [2.75, 3.05) is 0 Å². The van der Waals surface area contributed by atoms with E-state index in [4.69, 9.17) is 16.3 Å². The van der Waals surface area contributed by atoms with Crippen molar-refractivity contribution in [1.29, 1.82) is 0 Å². The molecule has 0 bridgehead atoms. The Labute approximate surface area is 115 Å². The molecule has 2 rings (SSSR count). The maximum atomic E-state index is 10.9. The third kappa shape index (κ3) is 3.42. The van der Waals surface area contributed by atoms with E-state index in [1.165, 1.54) is 18.2 Å². The summed E-state index contributed by atoms with van der Waals surface area (Å²) in [6.45, 7) is 2.02. The van der Waals surface area contributed by atoms with Crippen molar-refractivity contribution in [3.63, 3.8) is 0 Å². The van der Waals surface area contributed by atoms with E-state index in [2.05, 4.69) is 4.98 Å².